The summed E-state index contributed by atoms with van der Waals surface area (Å²) in [5.41, 5.74) is 2.29. The van der Waals surface area contributed by atoms with Crippen LogP contribution in [0.1, 0.15) is 17.4 Å². The van der Waals surface area contributed by atoms with Crippen LogP contribution in [0.2, 0.25) is 0 Å². The molecule has 2 aromatic heterocycles. The maximum Gasteiger partial charge on any atom is 0.146 e. The van der Waals surface area contributed by atoms with Crippen LogP contribution in [0.4, 0.5) is 4.39 Å². The van der Waals surface area contributed by atoms with Gasteiger partial charge in [-0.15, -0.1) is 0 Å². The predicted molar refractivity (Wildman–Crippen MR) is 81.4 cm³/mol. The molecule has 3 rings (SSSR count). The van der Waals surface area contributed by atoms with Gasteiger partial charge in [0, 0.05) is 23.7 Å². The first kappa shape index (κ1) is 13.6. The van der Waals surface area contributed by atoms with Gasteiger partial charge in [0.2, 0.25) is 0 Å². The highest BCUT2D eigenvalue weighted by atomic mass is 19.1. The van der Waals surface area contributed by atoms with Crippen LogP contribution in [0.5, 0.6) is 0 Å². The van der Waals surface area contributed by atoms with Crippen LogP contribution in [0.25, 0.3) is 10.9 Å². The van der Waals surface area contributed by atoms with E-state index in [-0.39, 0.29) is 11.9 Å². The van der Waals surface area contributed by atoms with E-state index in [1.807, 2.05) is 36.4 Å². The Balaban J connectivity index is 1.90. The van der Waals surface area contributed by atoms with Crippen LogP contribution in [0.15, 0.2) is 54.7 Å². The molecule has 2 heterocycles. The molecule has 0 aliphatic carbocycles. The van der Waals surface area contributed by atoms with Crippen molar-refractivity contribution in [1.82, 2.24) is 15.3 Å². The molecule has 3 nitrogen and oxygen atoms in total. The number of nitrogens with zero attached hydrogens (tertiary/aromatic N) is 2. The maximum absolute atomic E-state index is 13.9. The summed E-state index contributed by atoms with van der Waals surface area (Å²) >= 11 is 0. The molecule has 1 unspecified atom stereocenters. The van der Waals surface area contributed by atoms with Crippen molar-refractivity contribution < 1.29 is 4.39 Å². The minimum Gasteiger partial charge on any atom is -0.311 e. The molecule has 1 N–H and O–H groups in total. The molecule has 1 atom stereocenters. The molecule has 1 aromatic carbocycles. The van der Waals surface area contributed by atoms with Gasteiger partial charge in [0.05, 0.1) is 17.3 Å². The monoisotopic (exact) mass is 281 g/mol. The number of hydrogen-bond donors (Lipinski definition) is 1. The maximum atomic E-state index is 13.9. The second-order valence-electron chi connectivity index (χ2n) is 4.91. The largest absolute Gasteiger partial charge is 0.311 e. The minimum absolute atomic E-state index is 0.195. The van der Waals surface area contributed by atoms with Gasteiger partial charge in [-0.1, -0.05) is 24.3 Å². The Morgan fingerprint density at radius 3 is 2.76 bits per heavy atom. The standard InChI is InChI=1S/C17H16FN3/c1-19-16(17-14(18)6-4-10-20-17)11-13-9-8-12-5-2-3-7-15(12)21-13/h2-10,16,19H,11H2,1H3. The Bertz CT molecular complexity index is 758. The third-order valence-electron chi connectivity index (χ3n) is 3.53. The quantitative estimate of drug-likeness (QED) is 0.797. The minimum atomic E-state index is -0.294. The van der Waals surface area contributed by atoms with Gasteiger partial charge >= 0.3 is 0 Å². The lowest BCUT2D eigenvalue weighted by atomic mass is 10.1. The summed E-state index contributed by atoms with van der Waals surface area (Å²) in [5.74, 6) is -0.294. The first-order chi connectivity index (χ1) is 10.3. The van der Waals surface area contributed by atoms with Gasteiger partial charge in [0.1, 0.15) is 5.82 Å². The van der Waals surface area contributed by atoms with Gasteiger partial charge in [-0.3, -0.25) is 9.97 Å². The van der Waals surface area contributed by atoms with Crippen LogP contribution in [0, 0.1) is 5.82 Å². The zero-order valence-electron chi connectivity index (χ0n) is 11.8. The zero-order valence-corrected chi connectivity index (χ0v) is 11.8. The van der Waals surface area contributed by atoms with Crippen LogP contribution in [0.3, 0.4) is 0 Å². The molecule has 4 heteroatoms. The second-order valence-corrected chi connectivity index (χ2v) is 4.91. The molecule has 106 valence electrons. The van der Waals surface area contributed by atoms with E-state index in [9.17, 15) is 4.39 Å². The van der Waals surface area contributed by atoms with Gasteiger partial charge < -0.3 is 5.32 Å². The molecular weight excluding hydrogens is 265 g/mol. The fraction of sp³-hybridized carbons (Fsp3) is 0.176. The summed E-state index contributed by atoms with van der Waals surface area (Å²) in [6.45, 7) is 0. The van der Waals surface area contributed by atoms with Gasteiger partial charge in [0.25, 0.3) is 0 Å². The summed E-state index contributed by atoms with van der Waals surface area (Å²) in [4.78, 5) is 8.77. The Hall–Kier alpha value is -2.33. The highest BCUT2D eigenvalue weighted by molar-refractivity contribution is 5.78. The van der Waals surface area contributed by atoms with E-state index in [1.54, 1.807) is 19.3 Å². The highest BCUT2D eigenvalue weighted by Crippen LogP contribution is 2.19. The zero-order chi connectivity index (χ0) is 14.7. The number of nitrogens with one attached hydrogen (secondary N) is 1. The average molecular weight is 281 g/mol. The average Bonchev–Trinajstić information content (AvgIpc) is 2.53. The second kappa shape index (κ2) is 5.97. The van der Waals surface area contributed by atoms with Crippen molar-refractivity contribution in [2.75, 3.05) is 7.05 Å². The Kier molecular flexibility index (Phi) is 3.88. The van der Waals surface area contributed by atoms with E-state index in [4.69, 9.17) is 0 Å². The van der Waals surface area contributed by atoms with Crippen LogP contribution in [-0.2, 0) is 6.42 Å². The van der Waals surface area contributed by atoms with Crippen molar-refractivity contribution in [3.05, 3.63) is 71.9 Å². The van der Waals surface area contributed by atoms with Crippen molar-refractivity contribution in [2.45, 2.75) is 12.5 Å². The van der Waals surface area contributed by atoms with Crippen molar-refractivity contribution in [3.63, 3.8) is 0 Å². The molecular formula is C17H16FN3. The first-order valence-corrected chi connectivity index (χ1v) is 6.90. The molecule has 0 saturated heterocycles. The van der Waals surface area contributed by atoms with Crippen LogP contribution >= 0.6 is 0 Å². The lowest BCUT2D eigenvalue weighted by molar-refractivity contribution is 0.513. The molecule has 0 aliphatic heterocycles. The summed E-state index contributed by atoms with van der Waals surface area (Å²) in [7, 11) is 1.81. The fourth-order valence-electron chi connectivity index (χ4n) is 2.42. The van der Waals surface area contributed by atoms with Crippen molar-refractivity contribution >= 4 is 10.9 Å². The van der Waals surface area contributed by atoms with Crippen LogP contribution in [-0.4, -0.2) is 17.0 Å². The van der Waals surface area contributed by atoms with Crippen molar-refractivity contribution in [2.24, 2.45) is 0 Å². The molecule has 0 fully saturated rings. The molecule has 0 amide bonds. The predicted octanol–water partition coefficient (Wildman–Crippen LogP) is 3.27. The molecule has 0 aliphatic rings. The number of para-hydroxylation sites is 1. The topological polar surface area (TPSA) is 37.8 Å². The smallest absolute Gasteiger partial charge is 0.146 e. The van der Waals surface area contributed by atoms with E-state index in [0.29, 0.717) is 12.1 Å². The number of halogens is 1. The third-order valence-corrected chi connectivity index (χ3v) is 3.53. The molecule has 0 radical (unpaired) electrons. The third kappa shape index (κ3) is 2.90. The van der Waals surface area contributed by atoms with E-state index >= 15 is 0 Å². The highest BCUT2D eigenvalue weighted by Gasteiger charge is 2.16. The number of hydrogen-bond acceptors (Lipinski definition) is 3. The SMILES string of the molecule is CNC(Cc1ccc2ccccc2n1)c1ncccc1F. The Morgan fingerprint density at radius 2 is 1.95 bits per heavy atom. The van der Waals surface area contributed by atoms with E-state index in [0.717, 1.165) is 16.6 Å². The molecule has 21 heavy (non-hydrogen) atoms. The normalized spacial score (nSPS) is 12.5. The first-order valence-electron chi connectivity index (χ1n) is 6.90. The van der Waals surface area contributed by atoms with E-state index < -0.39 is 0 Å². The summed E-state index contributed by atoms with van der Waals surface area (Å²) in [6.07, 6.45) is 2.20. The van der Waals surface area contributed by atoms with Gasteiger partial charge in [-0.05, 0) is 31.3 Å². The molecule has 0 bridgehead atoms. The van der Waals surface area contributed by atoms with Crippen molar-refractivity contribution in [3.8, 4) is 0 Å². The van der Waals surface area contributed by atoms with Gasteiger partial charge in [-0.25, -0.2) is 4.39 Å². The summed E-state index contributed by atoms with van der Waals surface area (Å²) in [5, 5.41) is 4.22. The lowest BCUT2D eigenvalue weighted by Crippen LogP contribution is -2.21. The molecule has 0 spiro atoms. The summed E-state index contributed by atoms with van der Waals surface area (Å²) < 4.78 is 13.9. The number of likely N-dealkylation sites (N-methyl/N-ethyl adjacent to an activating group) is 1. The molecule has 0 saturated carbocycles. The van der Waals surface area contributed by atoms with E-state index in [1.165, 1.54) is 6.07 Å². The number of fused-ring (bicyclic) bond motifs is 1. The molecule has 3 aromatic rings. The number of pyridine rings is 2. The number of rotatable bonds is 4. The van der Waals surface area contributed by atoms with Crippen molar-refractivity contribution in [1.29, 1.82) is 0 Å². The van der Waals surface area contributed by atoms with E-state index in [2.05, 4.69) is 15.3 Å². The fourth-order valence-corrected chi connectivity index (χ4v) is 2.42. The number of aromatic nitrogens is 2. The Morgan fingerprint density at radius 1 is 1.10 bits per heavy atom. The van der Waals surface area contributed by atoms with Gasteiger partial charge in [0.15, 0.2) is 0 Å². The summed E-state index contributed by atoms with van der Waals surface area (Å²) in [6, 6.07) is 14.8. The van der Waals surface area contributed by atoms with Gasteiger partial charge in [-0.2, -0.15) is 0 Å². The lowest BCUT2D eigenvalue weighted by Gasteiger charge is -2.16. The van der Waals surface area contributed by atoms with Crippen LogP contribution < -0.4 is 5.32 Å². The number of benzene rings is 1. The Labute approximate surface area is 122 Å².